The Bertz CT molecular complexity index is 1400. The van der Waals surface area contributed by atoms with Crippen LogP contribution in [0.4, 0.5) is 17.1 Å². The molecule has 0 aliphatic carbocycles. The van der Waals surface area contributed by atoms with Crippen molar-refractivity contribution in [1.82, 2.24) is 0 Å². The van der Waals surface area contributed by atoms with Crippen LogP contribution >= 0.6 is 27.5 Å². The molecule has 182 valence electrons. The van der Waals surface area contributed by atoms with E-state index in [1.54, 1.807) is 36.4 Å². The number of methoxy groups -OCH3 is 1. The highest BCUT2D eigenvalue weighted by Gasteiger charge is 2.39. The standard InChI is InChI=1S/C26H19BrClN3O5/c1-36-26(35)16-4-2-7-20(13-16)31-24(33)22(28)23(25(31)34)30-18-10-8-15(9-11-18)12-21(32)29-19-6-3-5-17(27)14-19/h2-11,13-14,30H,12H2,1H3,(H,29,32). The smallest absolute Gasteiger partial charge is 0.337 e. The molecule has 3 aromatic carbocycles. The summed E-state index contributed by atoms with van der Waals surface area (Å²) in [7, 11) is 1.24. The number of carbonyl (C=O) groups excluding carboxylic acids is 4. The molecule has 4 rings (SSSR count). The van der Waals surface area contributed by atoms with Gasteiger partial charge in [0.1, 0.15) is 10.7 Å². The minimum atomic E-state index is -0.716. The molecule has 0 spiro atoms. The van der Waals surface area contributed by atoms with E-state index in [-0.39, 0.29) is 34.3 Å². The topological polar surface area (TPSA) is 105 Å². The maximum Gasteiger partial charge on any atom is 0.337 e. The summed E-state index contributed by atoms with van der Waals surface area (Å²) < 4.78 is 5.55. The number of carbonyl (C=O) groups is 4. The lowest BCUT2D eigenvalue weighted by Crippen LogP contribution is -2.32. The molecular weight excluding hydrogens is 550 g/mol. The lowest BCUT2D eigenvalue weighted by Gasteiger charge is -2.16. The quantitative estimate of drug-likeness (QED) is 0.312. The molecule has 2 N–H and O–H groups in total. The highest BCUT2D eigenvalue weighted by molar-refractivity contribution is 9.10. The fourth-order valence-corrected chi connectivity index (χ4v) is 4.15. The van der Waals surface area contributed by atoms with Crippen molar-refractivity contribution in [2.45, 2.75) is 6.42 Å². The Balaban J connectivity index is 1.44. The predicted molar refractivity (Wildman–Crippen MR) is 140 cm³/mol. The first kappa shape index (κ1) is 25.2. The van der Waals surface area contributed by atoms with E-state index in [2.05, 4.69) is 26.6 Å². The summed E-state index contributed by atoms with van der Waals surface area (Å²) in [6, 6.07) is 20.0. The van der Waals surface area contributed by atoms with Crippen molar-refractivity contribution in [2.75, 3.05) is 22.6 Å². The molecule has 1 aliphatic heterocycles. The summed E-state index contributed by atoms with van der Waals surface area (Å²) in [4.78, 5) is 50.8. The second-order valence-electron chi connectivity index (χ2n) is 7.73. The largest absolute Gasteiger partial charge is 0.465 e. The van der Waals surface area contributed by atoms with Gasteiger partial charge in [-0.3, -0.25) is 14.4 Å². The molecule has 3 aromatic rings. The zero-order valence-corrected chi connectivity index (χ0v) is 21.2. The van der Waals surface area contributed by atoms with Crippen molar-refractivity contribution in [3.05, 3.63) is 99.1 Å². The van der Waals surface area contributed by atoms with Gasteiger partial charge in [-0.1, -0.05) is 51.8 Å². The van der Waals surface area contributed by atoms with E-state index in [1.165, 1.54) is 31.4 Å². The third-order valence-corrected chi connectivity index (χ3v) is 6.09. The molecule has 10 heteroatoms. The van der Waals surface area contributed by atoms with E-state index in [1.807, 2.05) is 12.1 Å². The summed E-state index contributed by atoms with van der Waals surface area (Å²) in [5.41, 5.74) is 2.22. The number of amides is 3. The molecule has 0 aromatic heterocycles. The van der Waals surface area contributed by atoms with Crippen LogP contribution in [-0.4, -0.2) is 30.8 Å². The van der Waals surface area contributed by atoms with Crippen molar-refractivity contribution in [3.63, 3.8) is 0 Å². The summed E-state index contributed by atoms with van der Waals surface area (Å²) in [6.45, 7) is 0. The first-order valence-electron chi connectivity index (χ1n) is 10.6. The van der Waals surface area contributed by atoms with Gasteiger partial charge < -0.3 is 15.4 Å². The first-order valence-corrected chi connectivity index (χ1v) is 11.8. The van der Waals surface area contributed by atoms with Crippen LogP contribution in [0.15, 0.2) is 88.0 Å². The minimum Gasteiger partial charge on any atom is -0.465 e. The van der Waals surface area contributed by atoms with Crippen LogP contribution in [0.25, 0.3) is 0 Å². The van der Waals surface area contributed by atoms with Gasteiger partial charge in [-0.2, -0.15) is 0 Å². The van der Waals surface area contributed by atoms with Gasteiger partial charge in [-0.15, -0.1) is 0 Å². The molecule has 0 saturated heterocycles. The Labute approximate surface area is 220 Å². The number of rotatable bonds is 7. The van der Waals surface area contributed by atoms with Crippen molar-refractivity contribution >= 4 is 68.3 Å². The second kappa shape index (κ2) is 10.8. The van der Waals surface area contributed by atoms with Crippen LogP contribution in [-0.2, 0) is 25.5 Å². The SMILES string of the molecule is COC(=O)c1cccc(N2C(=O)C(Cl)=C(Nc3ccc(CC(=O)Nc4cccc(Br)c4)cc3)C2=O)c1. The lowest BCUT2D eigenvalue weighted by molar-refractivity contribution is -0.120. The molecule has 1 heterocycles. The molecule has 1 aliphatic rings. The number of hydrogen-bond acceptors (Lipinski definition) is 6. The van der Waals surface area contributed by atoms with E-state index in [0.29, 0.717) is 11.4 Å². The van der Waals surface area contributed by atoms with E-state index < -0.39 is 17.8 Å². The third kappa shape index (κ3) is 5.48. The summed E-state index contributed by atoms with van der Waals surface area (Å²) >= 11 is 9.56. The number of nitrogens with one attached hydrogen (secondary N) is 2. The Kier molecular flexibility index (Phi) is 7.52. The van der Waals surface area contributed by atoms with E-state index in [9.17, 15) is 19.2 Å². The Morgan fingerprint density at radius 2 is 1.67 bits per heavy atom. The van der Waals surface area contributed by atoms with Crippen molar-refractivity contribution in [2.24, 2.45) is 0 Å². The van der Waals surface area contributed by atoms with Crippen LogP contribution < -0.4 is 15.5 Å². The maximum atomic E-state index is 13.0. The number of nitrogens with zero attached hydrogens (tertiary/aromatic N) is 1. The fourth-order valence-electron chi connectivity index (χ4n) is 3.54. The van der Waals surface area contributed by atoms with Gasteiger partial charge in [0.05, 0.1) is 24.8 Å². The Morgan fingerprint density at radius 1 is 0.944 bits per heavy atom. The zero-order valence-electron chi connectivity index (χ0n) is 18.9. The molecule has 3 amide bonds. The van der Waals surface area contributed by atoms with Gasteiger partial charge in [0.2, 0.25) is 5.91 Å². The number of halogens is 2. The average Bonchev–Trinajstić information content (AvgIpc) is 3.07. The average molecular weight is 569 g/mol. The monoisotopic (exact) mass is 567 g/mol. The van der Waals surface area contributed by atoms with Gasteiger partial charge in [-0.05, 0) is 54.1 Å². The molecule has 0 atom stereocenters. The normalized spacial score (nSPS) is 13.1. The second-order valence-corrected chi connectivity index (χ2v) is 9.03. The van der Waals surface area contributed by atoms with Gasteiger partial charge in [0.25, 0.3) is 11.8 Å². The summed E-state index contributed by atoms with van der Waals surface area (Å²) in [5, 5.41) is 5.44. The molecule has 8 nitrogen and oxygen atoms in total. The number of imide groups is 1. The molecule has 0 fully saturated rings. The number of hydrogen-bond donors (Lipinski definition) is 2. The van der Waals surface area contributed by atoms with E-state index in [4.69, 9.17) is 16.3 Å². The predicted octanol–water partition coefficient (Wildman–Crippen LogP) is 4.85. The van der Waals surface area contributed by atoms with Crippen molar-refractivity contribution in [3.8, 4) is 0 Å². The Hall–Kier alpha value is -3.95. The van der Waals surface area contributed by atoms with Gasteiger partial charge >= 0.3 is 5.97 Å². The highest BCUT2D eigenvalue weighted by Crippen LogP contribution is 2.30. The van der Waals surface area contributed by atoms with Crippen molar-refractivity contribution in [1.29, 1.82) is 0 Å². The van der Waals surface area contributed by atoms with Gasteiger partial charge in [-0.25, -0.2) is 9.69 Å². The lowest BCUT2D eigenvalue weighted by atomic mass is 10.1. The molecule has 0 unspecified atom stereocenters. The zero-order chi connectivity index (χ0) is 25.8. The van der Waals surface area contributed by atoms with Crippen LogP contribution in [0.3, 0.4) is 0 Å². The van der Waals surface area contributed by atoms with Gasteiger partial charge in [0.15, 0.2) is 0 Å². The van der Waals surface area contributed by atoms with Gasteiger partial charge in [0, 0.05) is 15.8 Å². The van der Waals surface area contributed by atoms with Crippen LogP contribution in [0, 0.1) is 0 Å². The molecule has 36 heavy (non-hydrogen) atoms. The number of ether oxygens (including phenoxy) is 1. The van der Waals surface area contributed by atoms with Crippen LogP contribution in [0.5, 0.6) is 0 Å². The summed E-state index contributed by atoms with van der Waals surface area (Å²) in [6.07, 6.45) is 0.151. The minimum absolute atomic E-state index is 0.0923. The molecule has 0 radical (unpaired) electrons. The van der Waals surface area contributed by atoms with E-state index in [0.717, 1.165) is 14.9 Å². The highest BCUT2D eigenvalue weighted by atomic mass is 79.9. The van der Waals surface area contributed by atoms with E-state index >= 15 is 0 Å². The Morgan fingerprint density at radius 3 is 2.36 bits per heavy atom. The molecular formula is C26H19BrClN3O5. The molecule has 0 saturated carbocycles. The number of benzene rings is 3. The fraction of sp³-hybridized carbons (Fsp3) is 0.0769. The number of esters is 1. The molecule has 0 bridgehead atoms. The van der Waals surface area contributed by atoms with Crippen LogP contribution in [0.1, 0.15) is 15.9 Å². The third-order valence-electron chi connectivity index (χ3n) is 5.25. The summed E-state index contributed by atoms with van der Waals surface area (Å²) in [5.74, 6) is -2.16. The maximum absolute atomic E-state index is 13.0. The first-order chi connectivity index (χ1) is 17.3. The van der Waals surface area contributed by atoms with Crippen molar-refractivity contribution < 1.29 is 23.9 Å². The van der Waals surface area contributed by atoms with Crippen LogP contribution in [0.2, 0.25) is 0 Å². The number of anilines is 3.